The molecule has 1 saturated carbocycles. The number of hydrogen-bond acceptors (Lipinski definition) is 5. The molecule has 3 aromatic carbocycles. The fourth-order valence-electron chi connectivity index (χ4n) is 4.40. The van der Waals surface area contributed by atoms with E-state index in [0.29, 0.717) is 43.0 Å². The number of carbonyl (C=O) groups is 1. The molecule has 3 aromatic rings. The molecule has 0 unspecified atom stereocenters. The second-order valence-electron chi connectivity index (χ2n) is 9.09. The smallest absolute Gasteiger partial charge is 0.247 e. The molecule has 0 aliphatic heterocycles. The zero-order chi connectivity index (χ0) is 25.4. The lowest BCUT2D eigenvalue weighted by Gasteiger charge is -2.26. The third kappa shape index (κ3) is 6.94. The summed E-state index contributed by atoms with van der Waals surface area (Å²) >= 11 is 0. The molecule has 8 heteroatoms. The van der Waals surface area contributed by atoms with Crippen LogP contribution in [0.5, 0.6) is 5.75 Å². The van der Waals surface area contributed by atoms with Crippen molar-refractivity contribution in [3.8, 4) is 5.75 Å². The molecule has 7 nitrogen and oxygen atoms in total. The third-order valence-electron chi connectivity index (χ3n) is 6.43. The summed E-state index contributed by atoms with van der Waals surface area (Å²) in [6.45, 7) is 0.752. The predicted molar refractivity (Wildman–Crippen MR) is 142 cm³/mol. The molecule has 0 radical (unpaired) electrons. The standard InChI is InChI=1S/C28H33N3O4S/c29-19-22-10-7-11-24(18-22)30-28(32)27(31-36(33,34)26-12-5-2-6-13-26)23-14-16-25(17-15-23)35-20-21-8-3-1-4-9-21/h1,3-4,7-11,14-18,26-27,31H,2,5-6,12-13,19-20,29H2,(H,30,32)/t27-/m1/s1. The number of nitrogens with one attached hydrogen (secondary N) is 2. The second-order valence-corrected chi connectivity index (χ2v) is 11.1. The van der Waals surface area contributed by atoms with Crippen LogP contribution in [0.2, 0.25) is 0 Å². The predicted octanol–water partition coefficient (Wildman–Crippen LogP) is 4.66. The molecule has 1 aliphatic rings. The van der Waals surface area contributed by atoms with Crippen LogP contribution in [0.25, 0.3) is 0 Å². The van der Waals surface area contributed by atoms with Crippen molar-refractivity contribution < 1.29 is 17.9 Å². The van der Waals surface area contributed by atoms with Crippen molar-refractivity contribution in [1.82, 2.24) is 4.72 Å². The highest BCUT2D eigenvalue weighted by Gasteiger charge is 2.33. The van der Waals surface area contributed by atoms with Gasteiger partial charge in [0.1, 0.15) is 18.4 Å². The Bertz CT molecular complexity index is 1240. The van der Waals surface area contributed by atoms with Gasteiger partial charge in [0.25, 0.3) is 0 Å². The zero-order valence-corrected chi connectivity index (χ0v) is 21.0. The van der Waals surface area contributed by atoms with Crippen LogP contribution >= 0.6 is 0 Å². The summed E-state index contributed by atoms with van der Waals surface area (Å²) in [6.07, 6.45) is 4.00. The minimum Gasteiger partial charge on any atom is -0.489 e. The van der Waals surface area contributed by atoms with Gasteiger partial charge in [-0.3, -0.25) is 4.79 Å². The lowest BCUT2D eigenvalue weighted by atomic mass is 10.0. The van der Waals surface area contributed by atoms with Crippen LogP contribution in [0, 0.1) is 0 Å². The number of rotatable bonds is 10. The summed E-state index contributed by atoms with van der Waals surface area (Å²) < 4.78 is 35.0. The highest BCUT2D eigenvalue weighted by atomic mass is 32.2. The highest BCUT2D eigenvalue weighted by molar-refractivity contribution is 7.90. The molecule has 190 valence electrons. The van der Waals surface area contributed by atoms with Crippen molar-refractivity contribution in [3.05, 3.63) is 95.6 Å². The van der Waals surface area contributed by atoms with Crippen LogP contribution in [-0.2, 0) is 28.0 Å². The fraction of sp³-hybridized carbons (Fsp3) is 0.321. The van der Waals surface area contributed by atoms with E-state index in [9.17, 15) is 13.2 Å². The summed E-state index contributed by atoms with van der Waals surface area (Å²) in [5.41, 5.74) is 8.73. The summed E-state index contributed by atoms with van der Waals surface area (Å²) in [6, 6.07) is 22.9. The second kappa shape index (κ2) is 12.2. The summed E-state index contributed by atoms with van der Waals surface area (Å²) in [4.78, 5) is 13.4. The minimum atomic E-state index is -3.70. The number of nitrogens with two attached hydrogens (primary N) is 1. The molecular weight excluding hydrogens is 474 g/mol. The van der Waals surface area contributed by atoms with Crippen molar-refractivity contribution in [3.63, 3.8) is 0 Å². The van der Waals surface area contributed by atoms with E-state index in [1.165, 1.54) is 0 Å². The van der Waals surface area contributed by atoms with Crippen molar-refractivity contribution in [2.45, 2.75) is 56.5 Å². The Labute approximate surface area is 213 Å². The van der Waals surface area contributed by atoms with Crippen molar-refractivity contribution >= 4 is 21.6 Å². The van der Waals surface area contributed by atoms with Gasteiger partial charge in [0.2, 0.25) is 15.9 Å². The number of anilines is 1. The minimum absolute atomic E-state index is 0.339. The summed E-state index contributed by atoms with van der Waals surface area (Å²) in [5, 5.41) is 2.36. The monoisotopic (exact) mass is 507 g/mol. The van der Waals surface area contributed by atoms with Gasteiger partial charge in [-0.25, -0.2) is 8.42 Å². The Morgan fingerprint density at radius 1 is 0.917 bits per heavy atom. The van der Waals surface area contributed by atoms with Gasteiger partial charge in [-0.1, -0.05) is 73.9 Å². The number of carbonyl (C=O) groups excluding carboxylic acids is 1. The number of ether oxygens (including phenoxy) is 1. The average molecular weight is 508 g/mol. The molecule has 36 heavy (non-hydrogen) atoms. The molecule has 4 rings (SSSR count). The van der Waals surface area contributed by atoms with Crippen molar-refractivity contribution in [2.24, 2.45) is 5.73 Å². The van der Waals surface area contributed by atoms with Gasteiger partial charge >= 0.3 is 0 Å². The lowest BCUT2D eigenvalue weighted by Crippen LogP contribution is -2.42. The van der Waals surface area contributed by atoms with Crippen molar-refractivity contribution in [1.29, 1.82) is 0 Å². The van der Waals surface area contributed by atoms with Gasteiger partial charge in [0.15, 0.2) is 0 Å². The van der Waals surface area contributed by atoms with Gasteiger partial charge in [0.05, 0.1) is 5.25 Å². The molecule has 4 N–H and O–H groups in total. The molecule has 0 aromatic heterocycles. The van der Waals surface area contributed by atoms with E-state index in [-0.39, 0.29) is 0 Å². The molecule has 1 amide bonds. The molecule has 1 fully saturated rings. The van der Waals surface area contributed by atoms with E-state index in [0.717, 1.165) is 30.4 Å². The number of hydrogen-bond donors (Lipinski definition) is 3. The molecule has 0 spiro atoms. The van der Waals surface area contributed by atoms with Gasteiger partial charge in [-0.15, -0.1) is 0 Å². The normalized spacial score (nSPS) is 15.2. The Kier molecular flexibility index (Phi) is 8.74. The number of benzene rings is 3. The molecular formula is C28H33N3O4S. The van der Waals surface area contributed by atoms with Crippen LogP contribution in [0.4, 0.5) is 5.69 Å². The average Bonchev–Trinajstić information content (AvgIpc) is 2.92. The summed E-state index contributed by atoms with van der Waals surface area (Å²) in [5.74, 6) is 0.175. The Hall–Kier alpha value is -3.20. The SMILES string of the molecule is NCc1cccc(NC(=O)[C@H](NS(=O)(=O)C2CCCCC2)c2ccc(OCc3ccccc3)cc2)c1. The fourth-order valence-corrected chi connectivity index (χ4v) is 6.11. The molecule has 0 heterocycles. The maximum atomic E-state index is 13.4. The van der Waals surface area contributed by atoms with Crippen LogP contribution in [-0.4, -0.2) is 19.6 Å². The largest absolute Gasteiger partial charge is 0.489 e. The first-order valence-corrected chi connectivity index (χ1v) is 13.9. The van der Waals surface area contributed by atoms with E-state index in [2.05, 4.69) is 10.0 Å². The van der Waals surface area contributed by atoms with E-state index >= 15 is 0 Å². The van der Waals surface area contributed by atoms with E-state index < -0.39 is 27.2 Å². The van der Waals surface area contributed by atoms with E-state index in [1.807, 2.05) is 36.4 Å². The Morgan fingerprint density at radius 3 is 2.31 bits per heavy atom. The van der Waals surface area contributed by atoms with E-state index in [1.54, 1.807) is 42.5 Å². The molecule has 1 aliphatic carbocycles. The number of amides is 1. The Balaban J connectivity index is 1.53. The lowest BCUT2D eigenvalue weighted by molar-refractivity contribution is -0.117. The van der Waals surface area contributed by atoms with Gasteiger partial charge in [0, 0.05) is 12.2 Å². The maximum absolute atomic E-state index is 13.4. The Morgan fingerprint density at radius 2 is 1.61 bits per heavy atom. The zero-order valence-electron chi connectivity index (χ0n) is 20.2. The van der Waals surface area contributed by atoms with Crippen LogP contribution in [0.15, 0.2) is 78.9 Å². The topological polar surface area (TPSA) is 111 Å². The third-order valence-corrected chi connectivity index (χ3v) is 8.34. The number of sulfonamides is 1. The molecule has 0 saturated heterocycles. The van der Waals surface area contributed by atoms with Crippen LogP contribution in [0.1, 0.15) is 54.8 Å². The maximum Gasteiger partial charge on any atom is 0.247 e. The van der Waals surface area contributed by atoms with Gasteiger partial charge < -0.3 is 15.8 Å². The van der Waals surface area contributed by atoms with Gasteiger partial charge in [-0.2, -0.15) is 4.72 Å². The first-order valence-electron chi connectivity index (χ1n) is 12.3. The quantitative estimate of drug-likeness (QED) is 0.370. The first kappa shape index (κ1) is 25.9. The van der Waals surface area contributed by atoms with Crippen molar-refractivity contribution in [2.75, 3.05) is 5.32 Å². The van der Waals surface area contributed by atoms with E-state index in [4.69, 9.17) is 10.5 Å². The van der Waals surface area contributed by atoms with Gasteiger partial charge in [-0.05, 0) is 53.8 Å². The molecule has 0 bridgehead atoms. The van der Waals surface area contributed by atoms with Crippen LogP contribution in [0.3, 0.4) is 0 Å². The molecule has 1 atom stereocenters. The highest BCUT2D eigenvalue weighted by Crippen LogP contribution is 2.27. The summed E-state index contributed by atoms with van der Waals surface area (Å²) in [7, 11) is -3.70. The van der Waals surface area contributed by atoms with Crippen LogP contribution < -0.4 is 20.5 Å². The first-order chi connectivity index (χ1) is 17.4.